The van der Waals surface area contributed by atoms with Crippen LogP contribution in [0.3, 0.4) is 0 Å². The zero-order valence-electron chi connectivity index (χ0n) is 12.3. The summed E-state index contributed by atoms with van der Waals surface area (Å²) in [5.74, 6) is -0.600. The fourth-order valence-corrected chi connectivity index (χ4v) is 4.77. The molecule has 7 heteroatoms. The third-order valence-corrected chi connectivity index (χ3v) is 6.21. The van der Waals surface area contributed by atoms with Gasteiger partial charge in [0.1, 0.15) is 0 Å². The number of carboxylic acid groups (broad SMARTS) is 1. The number of ether oxygens (including phenoxy) is 1. The highest BCUT2D eigenvalue weighted by Crippen LogP contribution is 2.30. The maximum Gasteiger partial charge on any atom is 0.311 e. The molecule has 6 nitrogen and oxygen atoms in total. The summed E-state index contributed by atoms with van der Waals surface area (Å²) in [4.78, 5) is 11.5. The largest absolute Gasteiger partial charge is 0.481 e. The molecule has 0 amide bonds. The van der Waals surface area contributed by atoms with Gasteiger partial charge in [0.05, 0.1) is 11.2 Å². The molecular weight excluding hydrogens is 294 g/mol. The van der Waals surface area contributed by atoms with Crippen molar-refractivity contribution in [2.24, 2.45) is 11.3 Å². The van der Waals surface area contributed by atoms with E-state index < -0.39 is 21.4 Å². The predicted molar refractivity (Wildman–Crippen MR) is 78.5 cm³/mol. The molecule has 21 heavy (non-hydrogen) atoms. The zero-order chi connectivity index (χ0) is 15.3. The van der Waals surface area contributed by atoms with Crippen LogP contribution in [0.25, 0.3) is 0 Å². The van der Waals surface area contributed by atoms with Crippen molar-refractivity contribution in [3.8, 4) is 0 Å². The first-order valence-corrected chi connectivity index (χ1v) is 9.37. The molecule has 1 saturated carbocycles. The lowest BCUT2D eigenvalue weighted by Gasteiger charge is -2.33. The lowest BCUT2D eigenvalue weighted by molar-refractivity contribution is -0.154. The zero-order valence-corrected chi connectivity index (χ0v) is 13.2. The van der Waals surface area contributed by atoms with Crippen molar-refractivity contribution in [2.75, 3.05) is 25.5 Å². The molecule has 0 atom stereocenters. The minimum Gasteiger partial charge on any atom is -0.481 e. The molecule has 1 aliphatic heterocycles. The van der Waals surface area contributed by atoms with E-state index in [4.69, 9.17) is 4.74 Å². The topological polar surface area (TPSA) is 92.7 Å². The van der Waals surface area contributed by atoms with E-state index in [0.717, 1.165) is 25.7 Å². The first-order valence-electron chi connectivity index (χ1n) is 7.72. The third-order valence-electron chi connectivity index (χ3n) is 4.71. The Bertz CT molecular complexity index is 450. The highest BCUT2D eigenvalue weighted by Gasteiger charge is 2.41. The van der Waals surface area contributed by atoms with Gasteiger partial charge in [0.15, 0.2) is 0 Å². The summed E-state index contributed by atoms with van der Waals surface area (Å²) in [6.07, 6.45) is 6.00. The highest BCUT2D eigenvalue weighted by atomic mass is 32.2. The smallest absolute Gasteiger partial charge is 0.311 e. The van der Waals surface area contributed by atoms with Gasteiger partial charge in [-0.1, -0.05) is 19.3 Å². The number of hydrogen-bond donors (Lipinski definition) is 2. The van der Waals surface area contributed by atoms with Crippen molar-refractivity contribution in [2.45, 2.75) is 44.9 Å². The van der Waals surface area contributed by atoms with Crippen LogP contribution in [0.5, 0.6) is 0 Å². The molecule has 2 fully saturated rings. The van der Waals surface area contributed by atoms with Gasteiger partial charge in [-0.15, -0.1) is 0 Å². The van der Waals surface area contributed by atoms with Crippen molar-refractivity contribution in [1.29, 1.82) is 0 Å². The van der Waals surface area contributed by atoms with Crippen LogP contribution in [0.1, 0.15) is 44.9 Å². The molecule has 0 aromatic rings. The Morgan fingerprint density at radius 2 is 1.81 bits per heavy atom. The SMILES string of the molecule is O=C(O)C1(CNS(=O)(=O)CC2CCCCC2)CCOCC1. The van der Waals surface area contributed by atoms with Crippen LogP contribution in [0, 0.1) is 11.3 Å². The van der Waals surface area contributed by atoms with Crippen molar-refractivity contribution < 1.29 is 23.1 Å². The summed E-state index contributed by atoms with van der Waals surface area (Å²) >= 11 is 0. The molecule has 1 aliphatic carbocycles. The van der Waals surface area contributed by atoms with Gasteiger partial charge in [-0.05, 0) is 31.6 Å². The van der Waals surface area contributed by atoms with Gasteiger partial charge in [-0.3, -0.25) is 4.79 Å². The molecule has 2 rings (SSSR count). The van der Waals surface area contributed by atoms with Crippen LogP contribution in [-0.2, 0) is 19.6 Å². The summed E-state index contributed by atoms with van der Waals surface area (Å²) in [6.45, 7) is 0.716. The fourth-order valence-electron chi connectivity index (χ4n) is 3.20. The summed E-state index contributed by atoms with van der Waals surface area (Å²) in [5.41, 5.74) is -1.02. The monoisotopic (exact) mass is 319 g/mol. The van der Waals surface area contributed by atoms with Gasteiger partial charge in [-0.25, -0.2) is 13.1 Å². The Morgan fingerprint density at radius 1 is 1.19 bits per heavy atom. The maximum atomic E-state index is 12.2. The molecular formula is C14H25NO5S. The van der Waals surface area contributed by atoms with E-state index in [0.29, 0.717) is 26.1 Å². The van der Waals surface area contributed by atoms with Crippen LogP contribution >= 0.6 is 0 Å². The van der Waals surface area contributed by atoms with Gasteiger partial charge in [0, 0.05) is 19.8 Å². The number of hydrogen-bond acceptors (Lipinski definition) is 4. The standard InChI is InChI=1S/C14H25NO5S/c16-13(17)14(6-8-20-9-7-14)11-15-21(18,19)10-12-4-2-1-3-5-12/h12,15H,1-11H2,(H,16,17). The first kappa shape index (κ1) is 16.7. The average Bonchev–Trinajstić information content (AvgIpc) is 2.47. The number of rotatable bonds is 6. The fraction of sp³-hybridized carbons (Fsp3) is 0.929. The minimum absolute atomic E-state index is 0.0270. The molecule has 0 unspecified atom stereocenters. The highest BCUT2D eigenvalue weighted by molar-refractivity contribution is 7.89. The van der Waals surface area contributed by atoms with Gasteiger partial charge in [0.25, 0.3) is 0 Å². The van der Waals surface area contributed by atoms with Gasteiger partial charge >= 0.3 is 5.97 Å². The molecule has 1 saturated heterocycles. The molecule has 1 heterocycles. The summed E-state index contributed by atoms with van der Waals surface area (Å²) in [6, 6.07) is 0. The van der Waals surface area contributed by atoms with E-state index in [-0.39, 0.29) is 18.2 Å². The van der Waals surface area contributed by atoms with Crippen LogP contribution in [0.15, 0.2) is 0 Å². The quantitative estimate of drug-likeness (QED) is 0.771. The lowest BCUT2D eigenvalue weighted by atomic mass is 9.80. The Morgan fingerprint density at radius 3 is 2.38 bits per heavy atom. The molecule has 0 radical (unpaired) electrons. The number of carbonyl (C=O) groups is 1. The van der Waals surface area contributed by atoms with Gasteiger partial charge < -0.3 is 9.84 Å². The number of sulfonamides is 1. The maximum absolute atomic E-state index is 12.2. The van der Waals surface area contributed by atoms with Crippen LogP contribution in [-0.4, -0.2) is 45.0 Å². The van der Waals surface area contributed by atoms with Crippen molar-refractivity contribution in [1.82, 2.24) is 4.72 Å². The second-order valence-corrected chi connectivity index (χ2v) is 8.16. The second-order valence-electron chi connectivity index (χ2n) is 6.30. The van der Waals surface area contributed by atoms with E-state index in [1.54, 1.807) is 0 Å². The molecule has 2 N–H and O–H groups in total. The molecule has 2 aliphatic rings. The van der Waals surface area contributed by atoms with Gasteiger partial charge in [0.2, 0.25) is 10.0 Å². The Balaban J connectivity index is 1.91. The Labute approximate surface area is 126 Å². The molecule has 0 spiro atoms. The average molecular weight is 319 g/mol. The van der Waals surface area contributed by atoms with E-state index in [2.05, 4.69) is 4.72 Å². The molecule has 0 bridgehead atoms. The van der Waals surface area contributed by atoms with E-state index in [9.17, 15) is 18.3 Å². The first-order chi connectivity index (χ1) is 9.94. The third kappa shape index (κ3) is 4.66. The number of nitrogens with one attached hydrogen (secondary N) is 1. The van der Waals surface area contributed by atoms with Crippen molar-refractivity contribution >= 4 is 16.0 Å². The summed E-state index contributed by atoms with van der Waals surface area (Å²) in [7, 11) is -3.41. The van der Waals surface area contributed by atoms with Crippen molar-refractivity contribution in [3.63, 3.8) is 0 Å². The predicted octanol–water partition coefficient (Wildman–Crippen LogP) is 1.37. The van der Waals surface area contributed by atoms with E-state index >= 15 is 0 Å². The Hall–Kier alpha value is -0.660. The molecule has 0 aromatic heterocycles. The number of carboxylic acids is 1. The van der Waals surface area contributed by atoms with E-state index in [1.807, 2.05) is 0 Å². The summed E-state index contributed by atoms with van der Waals surface area (Å²) < 4.78 is 32.1. The lowest BCUT2D eigenvalue weighted by Crippen LogP contribution is -2.47. The summed E-state index contributed by atoms with van der Waals surface area (Å²) in [5, 5.41) is 9.42. The minimum atomic E-state index is -3.41. The Kier molecular flexibility index (Phi) is 5.62. The molecule has 0 aromatic carbocycles. The van der Waals surface area contributed by atoms with Gasteiger partial charge in [-0.2, -0.15) is 0 Å². The van der Waals surface area contributed by atoms with E-state index in [1.165, 1.54) is 6.42 Å². The number of aliphatic carboxylic acids is 1. The van der Waals surface area contributed by atoms with Crippen molar-refractivity contribution in [3.05, 3.63) is 0 Å². The van der Waals surface area contributed by atoms with Crippen LogP contribution < -0.4 is 4.72 Å². The normalized spacial score (nSPS) is 23.8. The molecule has 122 valence electrons. The second kappa shape index (κ2) is 7.07. The van der Waals surface area contributed by atoms with Crippen LogP contribution in [0.2, 0.25) is 0 Å². The van der Waals surface area contributed by atoms with Crippen LogP contribution in [0.4, 0.5) is 0 Å².